The van der Waals surface area contributed by atoms with E-state index in [0.717, 1.165) is 5.69 Å². The van der Waals surface area contributed by atoms with Crippen LogP contribution in [0.25, 0.3) is 5.76 Å². The Hall–Kier alpha value is -1.51. The van der Waals surface area contributed by atoms with E-state index in [1.165, 1.54) is 37.7 Å². The Kier molecular flexibility index (Phi) is 7.78. The number of nitrogens with zero attached hydrogens (tertiary/aromatic N) is 1. The number of hydrogen-bond acceptors (Lipinski definition) is 2. The first-order valence-corrected chi connectivity index (χ1v) is 9.04. The maximum absolute atomic E-state index is 11.4. The first-order valence-electron chi connectivity index (χ1n) is 9.04. The Bertz CT molecular complexity index is 537. The number of ether oxygens (including phenoxy) is 1. The largest absolute Gasteiger partial charge is 0.495 e. The minimum Gasteiger partial charge on any atom is -0.495 e. The molecular weight excluding hydrogens is 298 g/mol. The van der Waals surface area contributed by atoms with E-state index in [1.807, 2.05) is 4.57 Å². The lowest BCUT2D eigenvalue weighted by Gasteiger charge is -2.20. The summed E-state index contributed by atoms with van der Waals surface area (Å²) < 4.78 is 7.20. The molecule has 1 aromatic heterocycles. The molecule has 0 saturated heterocycles. The zero-order valence-corrected chi connectivity index (χ0v) is 16.4. The summed E-state index contributed by atoms with van der Waals surface area (Å²) in [6.07, 6.45) is 8.58. The lowest BCUT2D eigenvalue weighted by molar-refractivity contribution is -0.117. The molecule has 2 rings (SSSR count). The van der Waals surface area contributed by atoms with Crippen molar-refractivity contribution < 1.29 is 9.53 Å². The highest BCUT2D eigenvalue weighted by Gasteiger charge is 2.19. The normalized spacial score (nSPS) is 15.4. The third-order valence-corrected chi connectivity index (χ3v) is 3.92. The molecule has 0 amide bonds. The number of rotatable bonds is 5. The molecule has 0 spiro atoms. The van der Waals surface area contributed by atoms with Crippen LogP contribution < -0.4 is 0 Å². The molecule has 1 heterocycles. The van der Waals surface area contributed by atoms with E-state index in [9.17, 15) is 4.79 Å². The molecule has 1 saturated carbocycles. The quantitative estimate of drug-likeness (QED) is 0.638. The maximum atomic E-state index is 11.4. The standard InChI is InChI=1S/C16H23NO2.C5H12/c1-12(18)10-17-11-15(9-16(17)13(2)19-3)14-7-5-4-6-8-14;1-5(2,3)4/h9,11,14H,2,4-8,10H2,1,3H3;1-4H3. The van der Waals surface area contributed by atoms with Gasteiger partial charge in [-0.15, -0.1) is 0 Å². The first kappa shape index (κ1) is 20.5. The second-order valence-corrected chi connectivity index (χ2v) is 8.45. The minimum atomic E-state index is 0.149. The second-order valence-electron chi connectivity index (χ2n) is 8.45. The van der Waals surface area contributed by atoms with Gasteiger partial charge < -0.3 is 9.30 Å². The molecule has 1 fully saturated rings. The van der Waals surface area contributed by atoms with Crippen LogP contribution in [-0.2, 0) is 16.1 Å². The molecule has 3 nitrogen and oxygen atoms in total. The van der Waals surface area contributed by atoms with Crippen molar-refractivity contribution in [2.24, 2.45) is 5.41 Å². The molecule has 1 aliphatic rings. The van der Waals surface area contributed by atoms with Crippen LogP contribution in [0.1, 0.15) is 83.9 Å². The van der Waals surface area contributed by atoms with Gasteiger partial charge in [0.05, 0.1) is 19.3 Å². The van der Waals surface area contributed by atoms with Crippen molar-refractivity contribution in [1.29, 1.82) is 0 Å². The van der Waals surface area contributed by atoms with E-state index in [1.54, 1.807) is 14.0 Å². The van der Waals surface area contributed by atoms with Gasteiger partial charge in [0.25, 0.3) is 0 Å². The van der Waals surface area contributed by atoms with Gasteiger partial charge in [-0.3, -0.25) is 4.79 Å². The molecule has 0 bridgehead atoms. The lowest BCUT2D eigenvalue weighted by atomic mass is 9.85. The summed E-state index contributed by atoms with van der Waals surface area (Å²) in [4.78, 5) is 11.4. The summed E-state index contributed by atoms with van der Waals surface area (Å²) in [7, 11) is 1.62. The molecule has 0 unspecified atom stereocenters. The summed E-state index contributed by atoms with van der Waals surface area (Å²) in [6, 6.07) is 2.14. The van der Waals surface area contributed by atoms with Crippen LogP contribution in [0.2, 0.25) is 0 Å². The van der Waals surface area contributed by atoms with Gasteiger partial charge in [0.15, 0.2) is 0 Å². The van der Waals surface area contributed by atoms with Crippen LogP contribution in [0.3, 0.4) is 0 Å². The van der Waals surface area contributed by atoms with E-state index in [0.29, 0.717) is 23.6 Å². The van der Waals surface area contributed by atoms with Crippen molar-refractivity contribution in [3.63, 3.8) is 0 Å². The molecule has 0 aromatic carbocycles. The predicted octanol–water partition coefficient (Wildman–Crippen LogP) is 5.79. The molecule has 1 aromatic rings. The summed E-state index contributed by atoms with van der Waals surface area (Å²) in [5.41, 5.74) is 2.76. The van der Waals surface area contributed by atoms with Crippen molar-refractivity contribution in [3.8, 4) is 0 Å². The molecule has 1 aliphatic carbocycles. The van der Waals surface area contributed by atoms with Crippen LogP contribution >= 0.6 is 0 Å². The predicted molar refractivity (Wildman–Crippen MR) is 102 cm³/mol. The monoisotopic (exact) mass is 333 g/mol. The van der Waals surface area contributed by atoms with Gasteiger partial charge in [-0.05, 0) is 42.7 Å². The molecule has 0 aliphatic heterocycles. The number of carbonyl (C=O) groups is 1. The van der Waals surface area contributed by atoms with E-state index in [4.69, 9.17) is 4.74 Å². The van der Waals surface area contributed by atoms with Crippen molar-refractivity contribution >= 4 is 11.5 Å². The van der Waals surface area contributed by atoms with E-state index in [-0.39, 0.29) is 5.78 Å². The number of aromatic nitrogens is 1. The summed E-state index contributed by atoms with van der Waals surface area (Å²) in [6.45, 7) is 14.7. The molecule has 0 N–H and O–H groups in total. The molecule has 136 valence electrons. The smallest absolute Gasteiger partial charge is 0.149 e. The molecule has 3 heteroatoms. The highest BCUT2D eigenvalue weighted by Crippen LogP contribution is 2.34. The Labute approximate surface area is 148 Å². The zero-order valence-electron chi connectivity index (χ0n) is 16.4. The zero-order chi connectivity index (χ0) is 18.3. The Morgan fingerprint density at radius 3 is 2.25 bits per heavy atom. The van der Waals surface area contributed by atoms with Gasteiger partial charge in [0.2, 0.25) is 0 Å². The van der Waals surface area contributed by atoms with Crippen LogP contribution in [0.15, 0.2) is 18.8 Å². The van der Waals surface area contributed by atoms with E-state index in [2.05, 4.69) is 46.5 Å². The average Bonchev–Trinajstić information content (AvgIpc) is 2.89. The van der Waals surface area contributed by atoms with Crippen molar-refractivity contribution in [2.45, 2.75) is 79.2 Å². The van der Waals surface area contributed by atoms with Crippen molar-refractivity contribution in [3.05, 3.63) is 30.1 Å². The highest BCUT2D eigenvalue weighted by molar-refractivity contribution is 5.76. The number of Topliss-reactive ketones (excluding diaryl/α,β-unsaturated/α-hetero) is 1. The van der Waals surface area contributed by atoms with E-state index >= 15 is 0 Å². The van der Waals surface area contributed by atoms with E-state index < -0.39 is 0 Å². The number of carbonyl (C=O) groups excluding carboxylic acids is 1. The maximum Gasteiger partial charge on any atom is 0.149 e. The third-order valence-electron chi connectivity index (χ3n) is 3.92. The van der Waals surface area contributed by atoms with Crippen LogP contribution in [-0.4, -0.2) is 17.5 Å². The van der Waals surface area contributed by atoms with Gasteiger partial charge in [-0.2, -0.15) is 0 Å². The summed E-state index contributed by atoms with van der Waals surface area (Å²) in [5.74, 6) is 1.41. The topological polar surface area (TPSA) is 31.2 Å². The van der Waals surface area contributed by atoms with Gasteiger partial charge in [0, 0.05) is 6.20 Å². The number of methoxy groups -OCH3 is 1. The van der Waals surface area contributed by atoms with Crippen LogP contribution in [0.5, 0.6) is 0 Å². The Morgan fingerprint density at radius 1 is 1.25 bits per heavy atom. The lowest BCUT2D eigenvalue weighted by Crippen LogP contribution is -2.08. The fourth-order valence-corrected chi connectivity index (χ4v) is 2.90. The summed E-state index contributed by atoms with van der Waals surface area (Å²) in [5, 5.41) is 0. The van der Waals surface area contributed by atoms with Gasteiger partial charge in [-0.1, -0.05) is 53.5 Å². The molecule has 0 atom stereocenters. The summed E-state index contributed by atoms with van der Waals surface area (Å²) >= 11 is 0. The Balaban J connectivity index is 0.000000505. The van der Waals surface area contributed by atoms with Gasteiger partial charge >= 0.3 is 0 Å². The molecule has 24 heavy (non-hydrogen) atoms. The van der Waals surface area contributed by atoms with Crippen molar-refractivity contribution in [1.82, 2.24) is 4.57 Å². The Morgan fingerprint density at radius 2 is 1.79 bits per heavy atom. The minimum absolute atomic E-state index is 0.149. The van der Waals surface area contributed by atoms with Gasteiger partial charge in [-0.25, -0.2) is 0 Å². The second kappa shape index (κ2) is 9.10. The van der Waals surface area contributed by atoms with Gasteiger partial charge in [0.1, 0.15) is 11.5 Å². The van der Waals surface area contributed by atoms with Crippen molar-refractivity contribution in [2.75, 3.05) is 7.11 Å². The molecular formula is C21H35NO2. The third kappa shape index (κ3) is 7.37. The number of hydrogen-bond donors (Lipinski definition) is 0. The fourth-order valence-electron chi connectivity index (χ4n) is 2.90. The van der Waals surface area contributed by atoms with Crippen LogP contribution in [0, 0.1) is 5.41 Å². The molecule has 0 radical (unpaired) electrons. The van der Waals surface area contributed by atoms with Crippen LogP contribution in [0.4, 0.5) is 0 Å². The highest BCUT2D eigenvalue weighted by atomic mass is 16.5. The average molecular weight is 334 g/mol. The SMILES string of the molecule is C=C(OC)c1cc(C2CCCCC2)cn1CC(C)=O.CC(C)(C)C. The number of ketones is 1. The fraction of sp³-hybridized carbons (Fsp3) is 0.667. The first-order chi connectivity index (χ1) is 11.1.